The van der Waals surface area contributed by atoms with Crippen molar-refractivity contribution in [2.75, 3.05) is 13.2 Å². The molecule has 0 aromatic heterocycles. The summed E-state index contributed by atoms with van der Waals surface area (Å²) in [5.74, 6) is -0.685. The van der Waals surface area contributed by atoms with Gasteiger partial charge >= 0.3 is 19.6 Å². The molecule has 0 heterocycles. The fourth-order valence-corrected chi connectivity index (χ4v) is 5.54. The molecule has 0 unspecified atom stereocenters. The van der Waals surface area contributed by atoms with Crippen LogP contribution in [0.5, 0.6) is 5.75 Å². The molecule has 11 nitrogen and oxygen atoms in total. The minimum Gasteiger partial charge on any atom is -0.464 e. The Hall–Kier alpha value is -2.49. The zero-order valence-electron chi connectivity index (χ0n) is 23.4. The Morgan fingerprint density at radius 2 is 1.18 bits per heavy atom. The molecular formula is C26H44N3O8P. The molecule has 1 aromatic carbocycles. The van der Waals surface area contributed by atoms with Gasteiger partial charge in [-0.3, -0.25) is 19.7 Å². The van der Waals surface area contributed by atoms with E-state index in [4.69, 9.17) is 14.0 Å². The van der Waals surface area contributed by atoms with Crippen molar-refractivity contribution in [2.45, 2.75) is 92.2 Å². The number of hydrogen-bond acceptors (Lipinski definition) is 8. The van der Waals surface area contributed by atoms with Crippen molar-refractivity contribution < 1.29 is 33.1 Å². The van der Waals surface area contributed by atoms with E-state index >= 15 is 0 Å². The molecule has 0 saturated heterocycles. The number of ether oxygens (including phenoxy) is 2. The topological polar surface area (TPSA) is 146 Å². The molecule has 216 valence electrons. The number of carbonyl (C=O) groups is 2. The molecule has 0 fully saturated rings. The second-order valence-corrected chi connectivity index (χ2v) is 11.0. The van der Waals surface area contributed by atoms with Gasteiger partial charge in [-0.15, -0.1) is 0 Å². The molecule has 0 saturated carbocycles. The minimum atomic E-state index is -4.13. The number of nitro benzene ring substituents is 1. The Kier molecular flexibility index (Phi) is 15.2. The van der Waals surface area contributed by atoms with E-state index in [0.717, 1.165) is 25.7 Å². The largest absolute Gasteiger partial charge is 0.464 e. The lowest BCUT2D eigenvalue weighted by atomic mass is 10.1. The maximum Gasteiger partial charge on any atom is 0.391 e. The molecule has 38 heavy (non-hydrogen) atoms. The summed E-state index contributed by atoms with van der Waals surface area (Å²) in [5, 5.41) is 16.5. The standard InChI is InChI=1S/C26H44N3O8P/c1-7-19(8-2)17-35-25(30)23(11-5)27-38(34,37-22-15-13-21(14-16-22)29(32)33)28-24(12-6)26(31)36-18-20(9-3)10-4/h13-16,19-20,23-24H,7-12,17-18H2,1-6H3,(H2,27,28,34)/t23-,24-/m0/s1. The molecular weight excluding hydrogens is 513 g/mol. The molecule has 0 aliphatic heterocycles. The Balaban J connectivity index is 3.16. The van der Waals surface area contributed by atoms with Gasteiger partial charge in [-0.25, -0.2) is 14.7 Å². The summed E-state index contributed by atoms with van der Waals surface area (Å²) in [6, 6.07) is 3.04. The molecule has 1 aromatic rings. The van der Waals surface area contributed by atoms with Crippen LogP contribution in [-0.2, 0) is 23.6 Å². The average molecular weight is 558 g/mol. The lowest BCUT2D eigenvalue weighted by Crippen LogP contribution is -2.45. The lowest BCUT2D eigenvalue weighted by Gasteiger charge is -2.28. The van der Waals surface area contributed by atoms with Crippen LogP contribution in [0.1, 0.15) is 80.1 Å². The summed E-state index contributed by atoms with van der Waals surface area (Å²) >= 11 is 0. The number of nitrogens with one attached hydrogen (secondary N) is 2. The van der Waals surface area contributed by atoms with E-state index in [1.807, 2.05) is 27.7 Å². The molecule has 0 aliphatic rings. The molecule has 0 bridgehead atoms. The van der Waals surface area contributed by atoms with E-state index in [0.29, 0.717) is 0 Å². The first-order chi connectivity index (χ1) is 18.1. The van der Waals surface area contributed by atoms with Crippen LogP contribution in [0.25, 0.3) is 0 Å². The Bertz CT molecular complexity index is 878. The van der Waals surface area contributed by atoms with Gasteiger partial charge in [0.05, 0.1) is 18.1 Å². The quantitative estimate of drug-likeness (QED) is 0.0929. The van der Waals surface area contributed by atoms with Crippen molar-refractivity contribution >= 4 is 25.3 Å². The van der Waals surface area contributed by atoms with Gasteiger partial charge in [0, 0.05) is 12.1 Å². The minimum absolute atomic E-state index is 0.0550. The number of esters is 2. The van der Waals surface area contributed by atoms with Gasteiger partial charge in [0.1, 0.15) is 17.8 Å². The molecule has 0 radical (unpaired) electrons. The normalized spacial score (nSPS) is 13.3. The second kappa shape index (κ2) is 17.2. The summed E-state index contributed by atoms with van der Waals surface area (Å²) < 4.78 is 30.7. The third-order valence-electron chi connectivity index (χ3n) is 6.55. The maximum absolute atomic E-state index is 14.1. The van der Waals surface area contributed by atoms with Gasteiger partial charge in [-0.05, 0) is 36.8 Å². The highest BCUT2D eigenvalue weighted by molar-refractivity contribution is 7.55. The van der Waals surface area contributed by atoms with Crippen LogP contribution in [0.15, 0.2) is 24.3 Å². The SMILES string of the molecule is CCC(CC)COC(=O)[C@H](CC)NP(=O)(N[C@@H](CC)C(=O)OCC(CC)CC)Oc1ccc([N+](=O)[O-])cc1. The zero-order chi connectivity index (χ0) is 28.7. The predicted octanol–water partition coefficient (Wildman–Crippen LogP) is 5.78. The number of nitro groups is 1. The van der Waals surface area contributed by atoms with E-state index in [9.17, 15) is 24.3 Å². The van der Waals surface area contributed by atoms with Crippen molar-refractivity contribution in [3.63, 3.8) is 0 Å². The summed E-state index contributed by atoms with van der Waals surface area (Å²) in [6.45, 7) is 12.0. The number of hydrogen-bond donors (Lipinski definition) is 2. The second-order valence-electron chi connectivity index (χ2n) is 9.20. The third kappa shape index (κ3) is 11.1. The summed E-state index contributed by atoms with van der Waals surface area (Å²) in [7, 11) is -4.13. The van der Waals surface area contributed by atoms with Crippen molar-refractivity contribution in [3.05, 3.63) is 34.4 Å². The fraction of sp³-hybridized carbons (Fsp3) is 0.692. The van der Waals surface area contributed by atoms with Crippen LogP contribution < -0.4 is 14.7 Å². The highest BCUT2D eigenvalue weighted by Crippen LogP contribution is 2.41. The van der Waals surface area contributed by atoms with Gasteiger partial charge < -0.3 is 14.0 Å². The maximum atomic E-state index is 14.1. The molecule has 0 aliphatic carbocycles. The van der Waals surface area contributed by atoms with Crippen molar-refractivity contribution in [2.24, 2.45) is 11.8 Å². The van der Waals surface area contributed by atoms with Gasteiger partial charge in [-0.2, -0.15) is 0 Å². The lowest BCUT2D eigenvalue weighted by molar-refractivity contribution is -0.384. The summed E-state index contributed by atoms with van der Waals surface area (Å²) in [6.07, 6.45) is 3.91. The fourth-order valence-electron chi connectivity index (χ4n) is 3.55. The van der Waals surface area contributed by atoms with Crippen LogP contribution in [0.3, 0.4) is 0 Å². The highest BCUT2D eigenvalue weighted by Gasteiger charge is 2.36. The van der Waals surface area contributed by atoms with Crippen molar-refractivity contribution in [3.8, 4) is 5.75 Å². The van der Waals surface area contributed by atoms with Crippen LogP contribution in [0.4, 0.5) is 5.69 Å². The van der Waals surface area contributed by atoms with E-state index in [1.54, 1.807) is 13.8 Å². The molecule has 0 amide bonds. The van der Waals surface area contributed by atoms with Gasteiger partial charge in [0.25, 0.3) is 5.69 Å². The van der Waals surface area contributed by atoms with E-state index < -0.39 is 36.6 Å². The van der Waals surface area contributed by atoms with Crippen molar-refractivity contribution in [1.29, 1.82) is 0 Å². The van der Waals surface area contributed by atoms with E-state index in [-0.39, 0.29) is 49.3 Å². The van der Waals surface area contributed by atoms with Crippen LogP contribution in [0.2, 0.25) is 0 Å². The molecule has 2 atom stereocenters. The Labute approximate surface area is 226 Å². The summed E-state index contributed by atoms with van der Waals surface area (Å²) in [5.41, 5.74) is -0.166. The zero-order valence-corrected chi connectivity index (χ0v) is 24.3. The van der Waals surface area contributed by atoms with Crippen LogP contribution in [-0.4, -0.2) is 42.2 Å². The Morgan fingerprint density at radius 1 is 0.789 bits per heavy atom. The first-order valence-corrected chi connectivity index (χ1v) is 15.1. The predicted molar refractivity (Wildman–Crippen MR) is 146 cm³/mol. The van der Waals surface area contributed by atoms with E-state index in [2.05, 4.69) is 10.2 Å². The third-order valence-corrected chi connectivity index (χ3v) is 8.32. The molecule has 1 rings (SSSR count). The Morgan fingerprint density at radius 3 is 1.50 bits per heavy atom. The molecule has 0 spiro atoms. The number of rotatable bonds is 19. The number of carbonyl (C=O) groups excluding carboxylic acids is 2. The number of non-ortho nitro benzene ring substituents is 1. The highest BCUT2D eigenvalue weighted by atomic mass is 31.2. The number of nitrogens with zero attached hydrogens (tertiary/aromatic N) is 1. The van der Waals surface area contributed by atoms with Crippen molar-refractivity contribution in [1.82, 2.24) is 10.2 Å². The van der Waals surface area contributed by atoms with E-state index in [1.165, 1.54) is 24.3 Å². The first kappa shape index (κ1) is 33.5. The first-order valence-electron chi connectivity index (χ1n) is 13.5. The molecule has 2 N–H and O–H groups in total. The molecule has 12 heteroatoms. The van der Waals surface area contributed by atoms with Gasteiger partial charge in [0.15, 0.2) is 0 Å². The smallest absolute Gasteiger partial charge is 0.391 e. The number of benzene rings is 1. The van der Waals surface area contributed by atoms with Crippen LogP contribution in [0, 0.1) is 22.0 Å². The van der Waals surface area contributed by atoms with Gasteiger partial charge in [-0.1, -0.05) is 67.2 Å². The summed E-state index contributed by atoms with van der Waals surface area (Å²) in [4.78, 5) is 36.1. The van der Waals surface area contributed by atoms with Gasteiger partial charge in [0.2, 0.25) is 0 Å². The monoisotopic (exact) mass is 557 g/mol. The van der Waals surface area contributed by atoms with Crippen LogP contribution >= 0.6 is 7.67 Å². The average Bonchev–Trinajstić information content (AvgIpc) is 2.91.